The maximum atomic E-state index is 13.1. The normalized spacial score (nSPS) is 20.9. The van der Waals surface area contributed by atoms with Crippen molar-refractivity contribution in [2.45, 2.75) is 48.6 Å². The molecule has 1 amide bonds. The average molecular weight is 542 g/mol. The summed E-state index contributed by atoms with van der Waals surface area (Å²) in [5.74, 6) is 6.13. The first-order valence-corrected chi connectivity index (χ1v) is 14.2. The highest BCUT2D eigenvalue weighted by Gasteiger charge is 2.45. The minimum absolute atomic E-state index is 0.0950. The monoisotopic (exact) mass is 541 g/mol. The molecule has 0 saturated carbocycles. The van der Waals surface area contributed by atoms with Crippen LogP contribution in [-0.4, -0.2) is 48.7 Å². The largest absolute Gasteiger partial charge is 0.403 e. The van der Waals surface area contributed by atoms with Crippen LogP contribution in [0.25, 0.3) is 28.0 Å². The third-order valence-corrected chi connectivity index (χ3v) is 8.75. The Balaban J connectivity index is 1.35. The molecule has 3 aromatic heterocycles. The summed E-state index contributed by atoms with van der Waals surface area (Å²) < 4.78 is 1.72. The molecule has 39 heavy (non-hydrogen) atoms. The molecule has 0 aliphatic carbocycles. The SMILES string of the molecule is CSc1c(C2CC3CCC(C2)N3C(=O)/C(=C/N)NN)nc2c(-c3ccc(-c4ccccc4)nc3)cnn2c1N. The Morgan fingerprint density at radius 3 is 2.44 bits per heavy atom. The zero-order chi connectivity index (χ0) is 27.1. The van der Waals surface area contributed by atoms with Gasteiger partial charge in [0.2, 0.25) is 0 Å². The van der Waals surface area contributed by atoms with Gasteiger partial charge in [-0.25, -0.2) is 4.98 Å². The Hall–Kier alpha value is -4.09. The lowest BCUT2D eigenvalue weighted by Crippen LogP contribution is -2.49. The van der Waals surface area contributed by atoms with Crippen LogP contribution in [0.1, 0.15) is 37.3 Å². The highest BCUT2D eigenvalue weighted by Crippen LogP contribution is 2.46. The number of pyridine rings is 1. The predicted molar refractivity (Wildman–Crippen MR) is 153 cm³/mol. The number of amides is 1. The van der Waals surface area contributed by atoms with E-state index < -0.39 is 0 Å². The van der Waals surface area contributed by atoms with Crippen molar-refractivity contribution in [3.63, 3.8) is 0 Å². The highest BCUT2D eigenvalue weighted by atomic mass is 32.2. The van der Waals surface area contributed by atoms with Crippen LogP contribution in [-0.2, 0) is 4.79 Å². The number of fused-ring (bicyclic) bond motifs is 3. The first-order chi connectivity index (χ1) is 19.0. The molecule has 2 fully saturated rings. The molecule has 7 N–H and O–H groups in total. The van der Waals surface area contributed by atoms with Gasteiger partial charge in [-0.15, -0.1) is 11.8 Å². The second-order valence-corrected chi connectivity index (χ2v) is 10.8. The van der Waals surface area contributed by atoms with Gasteiger partial charge in [-0.1, -0.05) is 36.4 Å². The van der Waals surface area contributed by atoms with Crippen molar-refractivity contribution in [1.82, 2.24) is 29.9 Å². The number of hydrazine groups is 1. The van der Waals surface area contributed by atoms with Gasteiger partial charge in [0.25, 0.3) is 5.91 Å². The molecule has 5 heterocycles. The van der Waals surface area contributed by atoms with E-state index in [0.29, 0.717) is 11.5 Å². The van der Waals surface area contributed by atoms with Crippen LogP contribution in [0, 0.1) is 0 Å². The van der Waals surface area contributed by atoms with Crippen LogP contribution in [0.2, 0.25) is 0 Å². The third-order valence-electron chi connectivity index (χ3n) is 7.92. The molecule has 4 aromatic rings. The molecule has 11 heteroatoms. The van der Waals surface area contributed by atoms with Gasteiger partial charge in [0, 0.05) is 47.1 Å². The van der Waals surface area contributed by atoms with E-state index >= 15 is 0 Å². The van der Waals surface area contributed by atoms with Gasteiger partial charge >= 0.3 is 0 Å². The molecule has 2 saturated heterocycles. The van der Waals surface area contributed by atoms with Gasteiger partial charge in [-0.05, 0) is 38.0 Å². The van der Waals surface area contributed by atoms with E-state index in [9.17, 15) is 4.79 Å². The van der Waals surface area contributed by atoms with Gasteiger partial charge in [0.15, 0.2) is 5.65 Å². The highest BCUT2D eigenvalue weighted by molar-refractivity contribution is 7.98. The lowest BCUT2D eigenvalue weighted by atomic mass is 9.87. The summed E-state index contributed by atoms with van der Waals surface area (Å²) >= 11 is 1.58. The number of nitrogens with zero attached hydrogens (tertiary/aromatic N) is 5. The molecule has 2 aliphatic rings. The maximum Gasteiger partial charge on any atom is 0.273 e. The van der Waals surface area contributed by atoms with Crippen molar-refractivity contribution in [3.05, 3.63) is 72.4 Å². The fraction of sp³-hybridized carbons (Fsp3) is 0.286. The second kappa shape index (κ2) is 10.2. The molecular weight excluding hydrogens is 510 g/mol. The standard InChI is InChI=1S/C28H31N9OS/c1-39-25-24(18-11-19-8-9-20(12-18)36(19)28(38)23(13-29)35-31)34-27-21(15-33-37(27)26(25)30)17-7-10-22(32-14-17)16-5-3-2-4-6-16/h2-7,10,13-15,18-20,35H,8-9,11-12,29-31H2,1H3/b23-13-. The third kappa shape index (κ3) is 4.27. The Morgan fingerprint density at radius 2 is 1.82 bits per heavy atom. The summed E-state index contributed by atoms with van der Waals surface area (Å²) in [7, 11) is 0. The fourth-order valence-electron chi connectivity index (χ4n) is 6.09. The van der Waals surface area contributed by atoms with Crippen molar-refractivity contribution in [2.75, 3.05) is 12.0 Å². The van der Waals surface area contributed by atoms with E-state index in [2.05, 4.69) is 10.5 Å². The van der Waals surface area contributed by atoms with Gasteiger partial charge in [-0.3, -0.25) is 15.6 Å². The summed E-state index contributed by atoms with van der Waals surface area (Å²) in [6.45, 7) is 0. The quantitative estimate of drug-likeness (QED) is 0.125. The molecule has 0 radical (unpaired) electrons. The molecule has 2 atom stereocenters. The molecule has 6 rings (SSSR count). The van der Waals surface area contributed by atoms with Crippen molar-refractivity contribution >= 4 is 29.1 Å². The van der Waals surface area contributed by atoms with Gasteiger partial charge in [0.05, 0.1) is 22.5 Å². The number of thioether (sulfide) groups is 1. The lowest BCUT2D eigenvalue weighted by molar-refractivity contribution is -0.132. The fourth-order valence-corrected chi connectivity index (χ4v) is 6.81. The topological polar surface area (TPSA) is 153 Å². The van der Waals surface area contributed by atoms with Crippen LogP contribution >= 0.6 is 11.8 Å². The lowest BCUT2D eigenvalue weighted by Gasteiger charge is -2.39. The summed E-state index contributed by atoms with van der Waals surface area (Å²) in [6.07, 6.45) is 10.4. The molecule has 1 aromatic carbocycles. The number of hydrogen-bond acceptors (Lipinski definition) is 9. The number of rotatable bonds is 6. The number of hydrogen-bond donors (Lipinski definition) is 4. The predicted octanol–water partition coefficient (Wildman–Crippen LogP) is 3.26. The Morgan fingerprint density at radius 1 is 1.08 bits per heavy atom. The smallest absolute Gasteiger partial charge is 0.273 e. The zero-order valence-electron chi connectivity index (χ0n) is 21.6. The number of benzene rings is 1. The van der Waals surface area contributed by atoms with Gasteiger partial charge < -0.3 is 21.8 Å². The number of nitrogen functional groups attached to an aromatic ring is 1. The number of carbonyl (C=O) groups excluding carboxylic acids is 1. The van der Waals surface area contributed by atoms with Gasteiger partial charge in [-0.2, -0.15) is 9.61 Å². The van der Waals surface area contributed by atoms with Crippen LogP contribution < -0.4 is 22.7 Å². The number of piperidine rings is 1. The van der Waals surface area contributed by atoms with E-state index in [1.165, 1.54) is 6.20 Å². The number of anilines is 1. The number of aromatic nitrogens is 4. The van der Waals surface area contributed by atoms with Crippen molar-refractivity contribution in [3.8, 4) is 22.4 Å². The van der Waals surface area contributed by atoms with E-state index in [0.717, 1.165) is 58.7 Å². The Labute approximate surface area is 230 Å². The van der Waals surface area contributed by atoms with E-state index in [-0.39, 0.29) is 29.6 Å². The summed E-state index contributed by atoms with van der Waals surface area (Å²) in [5.41, 5.74) is 20.4. The van der Waals surface area contributed by atoms with Crippen LogP contribution in [0.3, 0.4) is 0 Å². The molecule has 2 unspecified atom stereocenters. The molecule has 10 nitrogen and oxygen atoms in total. The minimum atomic E-state index is -0.150. The van der Waals surface area contributed by atoms with Crippen LogP contribution in [0.4, 0.5) is 5.82 Å². The first kappa shape index (κ1) is 25.2. The Kier molecular flexibility index (Phi) is 6.61. The minimum Gasteiger partial charge on any atom is -0.403 e. The number of nitrogens with one attached hydrogen (secondary N) is 1. The van der Waals surface area contributed by atoms with Crippen molar-refractivity contribution < 1.29 is 4.79 Å². The molecule has 0 spiro atoms. The van der Waals surface area contributed by atoms with Gasteiger partial charge in [0.1, 0.15) is 11.5 Å². The van der Waals surface area contributed by atoms with Crippen LogP contribution in [0.5, 0.6) is 0 Å². The van der Waals surface area contributed by atoms with Crippen LogP contribution in [0.15, 0.2) is 71.7 Å². The first-order valence-electron chi connectivity index (χ1n) is 13.0. The summed E-state index contributed by atoms with van der Waals surface area (Å²) in [5, 5.41) is 4.58. The average Bonchev–Trinajstić information content (AvgIpc) is 3.52. The van der Waals surface area contributed by atoms with E-state index in [4.69, 9.17) is 27.3 Å². The second-order valence-electron chi connectivity index (χ2n) is 10.00. The Bertz CT molecular complexity index is 1540. The number of nitrogens with two attached hydrogens (primary N) is 3. The van der Waals surface area contributed by atoms with E-state index in [1.54, 1.807) is 22.5 Å². The van der Waals surface area contributed by atoms with Crippen molar-refractivity contribution in [2.24, 2.45) is 11.6 Å². The van der Waals surface area contributed by atoms with Crippen molar-refractivity contribution in [1.29, 1.82) is 0 Å². The molecule has 2 aliphatic heterocycles. The summed E-state index contributed by atoms with van der Waals surface area (Å²) in [6, 6.07) is 14.3. The molecular formula is C28H31N9OS. The number of carbonyl (C=O) groups is 1. The molecule has 2 bridgehead atoms. The molecule has 200 valence electrons. The zero-order valence-corrected chi connectivity index (χ0v) is 22.4. The summed E-state index contributed by atoms with van der Waals surface area (Å²) in [4.78, 5) is 25.8. The van der Waals surface area contributed by atoms with E-state index in [1.807, 2.05) is 59.8 Å². The maximum absolute atomic E-state index is 13.1.